The topological polar surface area (TPSA) is 47.0 Å². The van der Waals surface area contributed by atoms with Gasteiger partial charge in [-0.25, -0.2) is 0 Å². The van der Waals surface area contributed by atoms with Crippen LogP contribution in [0.1, 0.15) is 44.6 Å². The fraction of sp³-hybridized carbons (Fsp3) is 0.833. The Balaban J connectivity index is 2.31. The van der Waals surface area contributed by atoms with Crippen LogP contribution >= 0.6 is 11.3 Å². The lowest BCUT2D eigenvalue weighted by molar-refractivity contribution is 0.0652. The molecule has 0 unspecified atom stereocenters. The number of hydrogen-bond acceptors (Lipinski definition) is 5. The Morgan fingerprint density at radius 2 is 1.88 bits per heavy atom. The standard InChI is InChI=1S/C12H23N3OS/c1-9(2)16-8-11-15-14-10(17-11)6-7-13-12(3,4)5/h9,13H,6-8H2,1-5H3. The molecule has 98 valence electrons. The highest BCUT2D eigenvalue weighted by Gasteiger charge is 2.09. The van der Waals surface area contributed by atoms with Crippen molar-refractivity contribution in [2.45, 2.75) is 59.3 Å². The molecule has 1 heterocycles. The third-order valence-electron chi connectivity index (χ3n) is 2.04. The maximum atomic E-state index is 5.49. The van der Waals surface area contributed by atoms with Gasteiger partial charge in [-0.3, -0.25) is 0 Å². The molecule has 0 bridgehead atoms. The van der Waals surface area contributed by atoms with Crippen LogP contribution in [0.25, 0.3) is 0 Å². The van der Waals surface area contributed by atoms with Gasteiger partial charge in [0.25, 0.3) is 0 Å². The van der Waals surface area contributed by atoms with E-state index in [0.29, 0.717) is 6.61 Å². The van der Waals surface area contributed by atoms with Gasteiger partial charge >= 0.3 is 0 Å². The maximum absolute atomic E-state index is 5.49. The van der Waals surface area contributed by atoms with Gasteiger partial charge in [0.2, 0.25) is 0 Å². The Morgan fingerprint density at radius 3 is 2.47 bits per heavy atom. The van der Waals surface area contributed by atoms with Gasteiger partial charge in [0.15, 0.2) is 0 Å². The van der Waals surface area contributed by atoms with E-state index in [-0.39, 0.29) is 11.6 Å². The summed E-state index contributed by atoms with van der Waals surface area (Å²) in [5.41, 5.74) is 0.161. The lowest BCUT2D eigenvalue weighted by atomic mass is 10.1. The van der Waals surface area contributed by atoms with Gasteiger partial charge in [0.05, 0.1) is 6.10 Å². The number of ether oxygens (including phenoxy) is 1. The lowest BCUT2D eigenvalue weighted by Gasteiger charge is -2.19. The zero-order valence-electron chi connectivity index (χ0n) is 11.4. The van der Waals surface area contributed by atoms with Gasteiger partial charge in [-0.05, 0) is 34.6 Å². The molecule has 0 spiro atoms. The third-order valence-corrected chi connectivity index (χ3v) is 3.00. The molecule has 4 nitrogen and oxygen atoms in total. The van der Waals surface area contributed by atoms with Crippen molar-refractivity contribution in [2.75, 3.05) is 6.54 Å². The first-order chi connectivity index (χ1) is 7.87. The molecule has 0 atom stereocenters. The van der Waals surface area contributed by atoms with Gasteiger partial charge in [-0.2, -0.15) is 0 Å². The zero-order chi connectivity index (χ0) is 12.9. The molecule has 0 saturated heterocycles. The van der Waals surface area contributed by atoms with Crippen LogP contribution in [0.2, 0.25) is 0 Å². The summed E-state index contributed by atoms with van der Waals surface area (Å²) in [5, 5.41) is 13.8. The van der Waals surface area contributed by atoms with Crippen molar-refractivity contribution in [3.8, 4) is 0 Å². The van der Waals surface area contributed by atoms with E-state index in [4.69, 9.17) is 4.74 Å². The minimum atomic E-state index is 0.161. The second-order valence-electron chi connectivity index (χ2n) is 5.38. The minimum absolute atomic E-state index is 0.161. The molecule has 17 heavy (non-hydrogen) atoms. The maximum Gasteiger partial charge on any atom is 0.143 e. The Bertz CT molecular complexity index is 331. The van der Waals surface area contributed by atoms with Gasteiger partial charge in [0.1, 0.15) is 16.6 Å². The van der Waals surface area contributed by atoms with E-state index in [1.54, 1.807) is 11.3 Å². The first-order valence-electron chi connectivity index (χ1n) is 6.05. The smallest absolute Gasteiger partial charge is 0.143 e. The van der Waals surface area contributed by atoms with Crippen molar-refractivity contribution in [3.63, 3.8) is 0 Å². The van der Waals surface area contributed by atoms with Crippen LogP contribution < -0.4 is 5.32 Å². The first kappa shape index (κ1) is 14.5. The van der Waals surface area contributed by atoms with Crippen molar-refractivity contribution in [1.82, 2.24) is 15.5 Å². The van der Waals surface area contributed by atoms with Crippen molar-refractivity contribution >= 4 is 11.3 Å². The van der Waals surface area contributed by atoms with Gasteiger partial charge in [-0.1, -0.05) is 11.3 Å². The molecule has 1 rings (SSSR count). The number of aromatic nitrogens is 2. The predicted octanol–water partition coefficient (Wildman–Crippen LogP) is 2.39. The highest BCUT2D eigenvalue weighted by atomic mass is 32.1. The van der Waals surface area contributed by atoms with Gasteiger partial charge in [0, 0.05) is 18.5 Å². The van der Waals surface area contributed by atoms with E-state index in [1.165, 1.54) is 0 Å². The average molecular weight is 257 g/mol. The minimum Gasteiger partial charge on any atom is -0.372 e. The monoisotopic (exact) mass is 257 g/mol. The largest absolute Gasteiger partial charge is 0.372 e. The normalized spacial score (nSPS) is 12.4. The van der Waals surface area contributed by atoms with Crippen molar-refractivity contribution in [1.29, 1.82) is 0 Å². The highest BCUT2D eigenvalue weighted by Crippen LogP contribution is 2.12. The quantitative estimate of drug-likeness (QED) is 0.850. The van der Waals surface area contributed by atoms with Crippen LogP contribution in [0.15, 0.2) is 0 Å². The fourth-order valence-electron chi connectivity index (χ4n) is 1.23. The van der Waals surface area contributed by atoms with Crippen LogP contribution in [0.5, 0.6) is 0 Å². The fourth-order valence-corrected chi connectivity index (χ4v) is 2.00. The highest BCUT2D eigenvalue weighted by molar-refractivity contribution is 7.11. The summed E-state index contributed by atoms with van der Waals surface area (Å²) in [6.07, 6.45) is 1.17. The third kappa shape index (κ3) is 6.71. The Kier molecular flexibility index (Phi) is 5.49. The van der Waals surface area contributed by atoms with Crippen molar-refractivity contribution in [3.05, 3.63) is 10.0 Å². The number of rotatable bonds is 6. The van der Waals surface area contributed by atoms with Crippen LogP contribution in [-0.2, 0) is 17.8 Å². The van der Waals surface area contributed by atoms with E-state index in [1.807, 2.05) is 13.8 Å². The second-order valence-corrected chi connectivity index (χ2v) is 6.52. The molecule has 0 aliphatic carbocycles. The van der Waals surface area contributed by atoms with Gasteiger partial charge < -0.3 is 10.1 Å². The molecular formula is C12H23N3OS. The zero-order valence-corrected chi connectivity index (χ0v) is 12.2. The number of hydrogen-bond donors (Lipinski definition) is 1. The molecule has 0 radical (unpaired) electrons. The molecule has 0 saturated carbocycles. The lowest BCUT2D eigenvalue weighted by Crippen LogP contribution is -2.37. The first-order valence-corrected chi connectivity index (χ1v) is 6.86. The molecule has 0 amide bonds. The summed E-state index contributed by atoms with van der Waals surface area (Å²) in [4.78, 5) is 0. The van der Waals surface area contributed by atoms with Crippen LogP contribution in [0, 0.1) is 0 Å². The Morgan fingerprint density at radius 1 is 1.24 bits per heavy atom. The van der Waals surface area contributed by atoms with Crippen LogP contribution in [-0.4, -0.2) is 28.4 Å². The molecular weight excluding hydrogens is 234 g/mol. The summed E-state index contributed by atoms with van der Waals surface area (Å²) in [7, 11) is 0. The van der Waals surface area contributed by atoms with E-state index < -0.39 is 0 Å². The molecule has 1 N–H and O–H groups in total. The van der Waals surface area contributed by atoms with E-state index in [9.17, 15) is 0 Å². The molecule has 1 aromatic heterocycles. The number of nitrogens with one attached hydrogen (secondary N) is 1. The van der Waals surface area contributed by atoms with E-state index >= 15 is 0 Å². The molecule has 0 aromatic carbocycles. The molecule has 1 aromatic rings. The van der Waals surface area contributed by atoms with E-state index in [0.717, 1.165) is 23.0 Å². The summed E-state index contributed by atoms with van der Waals surface area (Å²) in [5.74, 6) is 0. The molecule has 0 aliphatic heterocycles. The van der Waals surface area contributed by atoms with E-state index in [2.05, 4.69) is 36.3 Å². The Hall–Kier alpha value is -0.520. The number of nitrogens with zero attached hydrogens (tertiary/aromatic N) is 2. The van der Waals surface area contributed by atoms with Crippen LogP contribution in [0.3, 0.4) is 0 Å². The van der Waals surface area contributed by atoms with Crippen LogP contribution in [0.4, 0.5) is 0 Å². The average Bonchev–Trinajstić information content (AvgIpc) is 2.61. The summed E-state index contributed by atoms with van der Waals surface area (Å²) >= 11 is 1.64. The summed E-state index contributed by atoms with van der Waals surface area (Å²) in [6.45, 7) is 12.0. The SMILES string of the molecule is CC(C)OCc1nnc(CCNC(C)(C)C)s1. The summed E-state index contributed by atoms with van der Waals surface area (Å²) in [6, 6.07) is 0. The van der Waals surface area contributed by atoms with Gasteiger partial charge in [-0.15, -0.1) is 10.2 Å². The molecule has 5 heteroatoms. The van der Waals surface area contributed by atoms with Crippen molar-refractivity contribution < 1.29 is 4.74 Å². The predicted molar refractivity (Wildman–Crippen MR) is 71.3 cm³/mol. The summed E-state index contributed by atoms with van der Waals surface area (Å²) < 4.78 is 5.49. The Labute approximate surface area is 108 Å². The van der Waals surface area contributed by atoms with Crippen molar-refractivity contribution in [2.24, 2.45) is 0 Å². The molecule has 0 aliphatic rings. The molecule has 0 fully saturated rings. The second kappa shape index (κ2) is 6.42.